The first-order chi connectivity index (χ1) is 11.6. The summed E-state index contributed by atoms with van der Waals surface area (Å²) in [5.74, 6) is -0.637. The normalized spacial score (nSPS) is 51.7. The number of hydrogen-bond donors (Lipinski definition) is 2. The maximum atomic E-state index is 12.1. The van der Waals surface area contributed by atoms with Crippen LogP contribution in [0.1, 0.15) is 66.2 Å². The number of aliphatic hydroxyl groups is 1. The molecule has 2 N–H and O–H groups in total. The van der Waals surface area contributed by atoms with E-state index in [-0.39, 0.29) is 17.3 Å². The zero-order valence-corrected chi connectivity index (χ0v) is 15.7. The van der Waals surface area contributed by atoms with Crippen LogP contribution in [0, 0.1) is 22.7 Å². The quantitative estimate of drug-likeness (QED) is 0.589. The van der Waals surface area contributed by atoms with Crippen molar-refractivity contribution < 1.29 is 24.8 Å². The SMILES string of the molecule is CC(C)[C@]12C=C3[C@H](O)C[C@H]4[C@](C)(C(=O)O)CCC[C@]4(C)[C@]3(CC1)OO2. The average molecular weight is 350 g/mol. The van der Waals surface area contributed by atoms with Gasteiger partial charge in [-0.25, -0.2) is 9.78 Å². The van der Waals surface area contributed by atoms with Crippen molar-refractivity contribution in [3.05, 3.63) is 11.6 Å². The van der Waals surface area contributed by atoms with E-state index >= 15 is 0 Å². The highest BCUT2D eigenvalue weighted by Crippen LogP contribution is 2.68. The third-order valence-electron chi connectivity index (χ3n) is 8.21. The molecule has 3 aliphatic carbocycles. The summed E-state index contributed by atoms with van der Waals surface area (Å²) in [6, 6.07) is 0. The monoisotopic (exact) mass is 350 g/mol. The Balaban J connectivity index is 1.86. The van der Waals surface area contributed by atoms with Crippen LogP contribution in [0.25, 0.3) is 0 Å². The molecule has 140 valence electrons. The molecule has 5 rings (SSSR count). The number of aliphatic carboxylic acids is 1. The van der Waals surface area contributed by atoms with Crippen molar-refractivity contribution in [1.82, 2.24) is 0 Å². The van der Waals surface area contributed by atoms with Gasteiger partial charge in [0.05, 0.1) is 11.5 Å². The fourth-order valence-electron chi connectivity index (χ4n) is 6.38. The van der Waals surface area contributed by atoms with E-state index in [2.05, 4.69) is 26.8 Å². The highest BCUT2D eigenvalue weighted by atomic mass is 17.2. The van der Waals surface area contributed by atoms with Crippen molar-refractivity contribution in [2.24, 2.45) is 22.7 Å². The van der Waals surface area contributed by atoms with Crippen molar-refractivity contribution in [3.8, 4) is 0 Å². The fourth-order valence-corrected chi connectivity index (χ4v) is 6.38. The molecule has 0 aromatic rings. The van der Waals surface area contributed by atoms with Gasteiger partial charge in [0.2, 0.25) is 0 Å². The molecule has 0 amide bonds. The van der Waals surface area contributed by atoms with E-state index in [0.29, 0.717) is 12.8 Å². The predicted octanol–water partition coefficient (Wildman–Crippen LogP) is 3.46. The van der Waals surface area contributed by atoms with Crippen molar-refractivity contribution in [2.75, 3.05) is 0 Å². The lowest BCUT2D eigenvalue weighted by molar-refractivity contribution is -0.467. The van der Waals surface area contributed by atoms with Crippen LogP contribution in [0.3, 0.4) is 0 Å². The number of hydrogen-bond acceptors (Lipinski definition) is 4. The Bertz CT molecular complexity index is 630. The first kappa shape index (κ1) is 17.5. The Morgan fingerprint density at radius 3 is 2.48 bits per heavy atom. The van der Waals surface area contributed by atoms with E-state index in [1.165, 1.54) is 0 Å². The van der Waals surface area contributed by atoms with Crippen molar-refractivity contribution in [3.63, 3.8) is 0 Å². The van der Waals surface area contributed by atoms with E-state index in [9.17, 15) is 15.0 Å². The van der Waals surface area contributed by atoms with Gasteiger partial charge in [-0.2, -0.15) is 0 Å². The summed E-state index contributed by atoms with van der Waals surface area (Å²) < 4.78 is 0. The van der Waals surface area contributed by atoms with Crippen LogP contribution in [0.5, 0.6) is 0 Å². The van der Waals surface area contributed by atoms with Crippen LogP contribution in [0.15, 0.2) is 11.6 Å². The molecule has 0 unspecified atom stereocenters. The lowest BCUT2D eigenvalue weighted by Crippen LogP contribution is -2.70. The summed E-state index contributed by atoms with van der Waals surface area (Å²) in [6.45, 7) is 8.23. The number of aliphatic hydroxyl groups excluding tert-OH is 1. The molecule has 2 heterocycles. The molecule has 25 heavy (non-hydrogen) atoms. The third-order valence-corrected chi connectivity index (χ3v) is 8.21. The minimum Gasteiger partial charge on any atom is -0.481 e. The van der Waals surface area contributed by atoms with Crippen LogP contribution < -0.4 is 0 Å². The maximum Gasteiger partial charge on any atom is 0.309 e. The highest BCUT2D eigenvalue weighted by Gasteiger charge is 2.71. The Hall–Kier alpha value is -0.910. The average Bonchev–Trinajstić information content (AvgIpc) is 2.58. The largest absolute Gasteiger partial charge is 0.481 e. The predicted molar refractivity (Wildman–Crippen MR) is 91.6 cm³/mol. The maximum absolute atomic E-state index is 12.1. The van der Waals surface area contributed by atoms with E-state index in [4.69, 9.17) is 9.78 Å². The molecule has 0 radical (unpaired) electrons. The first-order valence-electron chi connectivity index (χ1n) is 9.63. The van der Waals surface area contributed by atoms with Gasteiger partial charge in [-0.1, -0.05) is 27.2 Å². The Morgan fingerprint density at radius 2 is 1.92 bits per heavy atom. The zero-order chi connectivity index (χ0) is 18.3. The second-order valence-electron chi connectivity index (χ2n) is 9.50. The second kappa shape index (κ2) is 5.08. The molecule has 5 heteroatoms. The lowest BCUT2D eigenvalue weighted by Gasteiger charge is -2.67. The molecule has 6 atom stereocenters. The third kappa shape index (κ3) is 1.92. The highest BCUT2D eigenvalue weighted by molar-refractivity contribution is 5.75. The van der Waals surface area contributed by atoms with Gasteiger partial charge in [-0.05, 0) is 62.5 Å². The molecule has 5 aliphatic rings. The number of fused-ring (bicyclic) bond motifs is 3. The molecule has 2 bridgehead atoms. The van der Waals surface area contributed by atoms with Crippen LogP contribution in [-0.2, 0) is 14.6 Å². The number of rotatable bonds is 2. The molecule has 0 aromatic carbocycles. The molecule has 0 aromatic heterocycles. The summed E-state index contributed by atoms with van der Waals surface area (Å²) in [4.78, 5) is 24.2. The Kier molecular flexibility index (Phi) is 3.56. The minimum absolute atomic E-state index is 0.133. The van der Waals surface area contributed by atoms with E-state index < -0.39 is 28.7 Å². The molecule has 1 saturated heterocycles. The smallest absolute Gasteiger partial charge is 0.309 e. The van der Waals surface area contributed by atoms with Gasteiger partial charge >= 0.3 is 5.97 Å². The van der Waals surface area contributed by atoms with E-state index in [0.717, 1.165) is 31.3 Å². The van der Waals surface area contributed by atoms with Crippen LogP contribution in [0.4, 0.5) is 0 Å². The Labute approximate surface area is 149 Å². The molecule has 1 spiro atoms. The van der Waals surface area contributed by atoms with Gasteiger partial charge in [0.25, 0.3) is 0 Å². The van der Waals surface area contributed by atoms with Crippen molar-refractivity contribution >= 4 is 5.97 Å². The van der Waals surface area contributed by atoms with Crippen molar-refractivity contribution in [2.45, 2.75) is 83.5 Å². The molecule has 2 aliphatic heterocycles. The summed E-state index contributed by atoms with van der Waals surface area (Å²) in [5.41, 5.74) is -1.39. The van der Waals surface area contributed by atoms with Gasteiger partial charge in [-0.3, -0.25) is 4.79 Å². The van der Waals surface area contributed by atoms with Crippen LogP contribution in [0.2, 0.25) is 0 Å². The van der Waals surface area contributed by atoms with E-state index in [1.807, 2.05) is 6.92 Å². The molecule has 5 nitrogen and oxygen atoms in total. The zero-order valence-electron chi connectivity index (χ0n) is 15.7. The standard InChI is InChI=1S/C20H30O5/c1-12(2)19-8-9-20(25-24-19)13(11-19)14(21)10-15-17(3,16(22)23)6-5-7-18(15,20)4/h11-12,14-15,21H,5-10H2,1-4H3,(H,22,23)/t14-,15+,17-,18+,19-,20-/m1/s1. The number of carboxylic acids is 1. The minimum atomic E-state index is -0.832. The molecule has 2 saturated carbocycles. The van der Waals surface area contributed by atoms with Crippen LogP contribution in [-0.4, -0.2) is 33.5 Å². The van der Waals surface area contributed by atoms with Crippen molar-refractivity contribution in [1.29, 1.82) is 0 Å². The Morgan fingerprint density at radius 1 is 1.20 bits per heavy atom. The molecular formula is C20H30O5. The van der Waals surface area contributed by atoms with Crippen LogP contribution >= 0.6 is 0 Å². The second-order valence-corrected chi connectivity index (χ2v) is 9.50. The van der Waals surface area contributed by atoms with Gasteiger partial charge < -0.3 is 10.2 Å². The molecule has 3 fully saturated rings. The summed E-state index contributed by atoms with van der Waals surface area (Å²) in [7, 11) is 0. The van der Waals surface area contributed by atoms with Gasteiger partial charge in [0.1, 0.15) is 11.2 Å². The lowest BCUT2D eigenvalue weighted by atomic mass is 9.42. The van der Waals surface area contributed by atoms with E-state index in [1.54, 1.807) is 0 Å². The fraction of sp³-hybridized carbons (Fsp3) is 0.850. The topological polar surface area (TPSA) is 76.0 Å². The van der Waals surface area contributed by atoms with Gasteiger partial charge in [-0.15, -0.1) is 0 Å². The summed E-state index contributed by atoms with van der Waals surface area (Å²) >= 11 is 0. The molecular weight excluding hydrogens is 320 g/mol. The number of carbonyl (C=O) groups is 1. The van der Waals surface area contributed by atoms with Gasteiger partial charge in [0, 0.05) is 5.41 Å². The van der Waals surface area contributed by atoms with Gasteiger partial charge in [0.15, 0.2) is 0 Å². The summed E-state index contributed by atoms with van der Waals surface area (Å²) in [6.07, 6.45) is 6.01. The number of carboxylic acid groups (broad SMARTS) is 1. The first-order valence-corrected chi connectivity index (χ1v) is 9.63. The summed E-state index contributed by atoms with van der Waals surface area (Å²) in [5, 5.41) is 20.9.